The van der Waals surface area contributed by atoms with Crippen molar-refractivity contribution in [3.8, 4) is 0 Å². The molecule has 7 heteroatoms. The Balaban J connectivity index is 3.17. The largest absolute Gasteiger partial charge is 0.478 e. The van der Waals surface area contributed by atoms with E-state index in [9.17, 15) is 19.5 Å². The van der Waals surface area contributed by atoms with E-state index in [0.29, 0.717) is 0 Å². The van der Waals surface area contributed by atoms with E-state index in [0.717, 1.165) is 5.56 Å². The van der Waals surface area contributed by atoms with Crippen molar-refractivity contribution in [3.05, 3.63) is 78.4 Å². The highest BCUT2D eigenvalue weighted by molar-refractivity contribution is 5.89. The van der Waals surface area contributed by atoms with Crippen molar-refractivity contribution in [2.45, 2.75) is 26.9 Å². The normalized spacial score (nSPS) is 13.6. The molecule has 172 valence electrons. The summed E-state index contributed by atoms with van der Waals surface area (Å²) >= 11 is 0. The van der Waals surface area contributed by atoms with Gasteiger partial charge in [-0.2, -0.15) is 0 Å². The SMILES string of the molecule is C=C(C)C(=O)OCCOC(COC(=O)C(=C)C)C(C)(C=Cc1ccccc1)C(=C)C(=O)O. The topological polar surface area (TPSA) is 99.1 Å². The molecule has 1 N–H and O–H groups in total. The summed E-state index contributed by atoms with van der Waals surface area (Å²) < 4.78 is 16.1. The zero-order valence-electron chi connectivity index (χ0n) is 18.8. The highest BCUT2D eigenvalue weighted by Gasteiger charge is 2.39. The Morgan fingerprint density at radius 3 is 2.09 bits per heavy atom. The van der Waals surface area contributed by atoms with Gasteiger partial charge >= 0.3 is 17.9 Å². The maximum atomic E-state index is 11.9. The first-order chi connectivity index (χ1) is 15.0. The zero-order valence-corrected chi connectivity index (χ0v) is 18.8. The summed E-state index contributed by atoms with van der Waals surface area (Å²) in [4.78, 5) is 35.3. The monoisotopic (exact) mass is 442 g/mol. The average molecular weight is 443 g/mol. The Morgan fingerprint density at radius 2 is 1.56 bits per heavy atom. The van der Waals surface area contributed by atoms with Crippen LogP contribution in [0.25, 0.3) is 6.08 Å². The van der Waals surface area contributed by atoms with Gasteiger partial charge in [0.15, 0.2) is 0 Å². The van der Waals surface area contributed by atoms with Crippen molar-refractivity contribution >= 4 is 24.0 Å². The number of benzene rings is 1. The smallest absolute Gasteiger partial charge is 0.333 e. The van der Waals surface area contributed by atoms with E-state index in [2.05, 4.69) is 19.7 Å². The van der Waals surface area contributed by atoms with Gasteiger partial charge < -0.3 is 19.3 Å². The summed E-state index contributed by atoms with van der Waals surface area (Å²) in [5.74, 6) is -2.43. The molecule has 2 atom stereocenters. The summed E-state index contributed by atoms with van der Waals surface area (Å²) in [6, 6.07) is 9.27. The number of hydrogen-bond acceptors (Lipinski definition) is 6. The summed E-state index contributed by atoms with van der Waals surface area (Å²) in [6.07, 6.45) is 2.46. The van der Waals surface area contributed by atoms with Crippen LogP contribution < -0.4 is 0 Å². The molecular weight excluding hydrogens is 412 g/mol. The highest BCUT2D eigenvalue weighted by Crippen LogP contribution is 2.35. The molecule has 0 aromatic heterocycles. The van der Waals surface area contributed by atoms with Crippen molar-refractivity contribution in [1.82, 2.24) is 0 Å². The summed E-state index contributed by atoms with van der Waals surface area (Å²) in [7, 11) is 0. The number of esters is 2. The van der Waals surface area contributed by atoms with Gasteiger partial charge in [-0.3, -0.25) is 0 Å². The van der Waals surface area contributed by atoms with Crippen LogP contribution in [0.5, 0.6) is 0 Å². The third-order valence-corrected chi connectivity index (χ3v) is 4.70. The van der Waals surface area contributed by atoms with E-state index in [-0.39, 0.29) is 36.5 Å². The molecule has 0 spiro atoms. The van der Waals surface area contributed by atoms with Crippen molar-refractivity contribution in [3.63, 3.8) is 0 Å². The molecule has 1 aromatic carbocycles. The van der Waals surface area contributed by atoms with Crippen molar-refractivity contribution in [1.29, 1.82) is 0 Å². The highest BCUT2D eigenvalue weighted by atomic mass is 16.6. The lowest BCUT2D eigenvalue weighted by Crippen LogP contribution is -2.41. The van der Waals surface area contributed by atoms with Gasteiger partial charge in [0, 0.05) is 22.1 Å². The molecule has 2 unspecified atom stereocenters. The fourth-order valence-electron chi connectivity index (χ4n) is 2.58. The van der Waals surface area contributed by atoms with Crippen LogP contribution in [0.4, 0.5) is 0 Å². The number of hydrogen-bond donors (Lipinski definition) is 1. The molecule has 0 heterocycles. The standard InChI is InChI=1S/C25H30O7/c1-17(2)23(28)31-15-14-30-21(16-32-24(29)18(3)4)25(6,19(5)22(26)27)13-12-20-10-8-7-9-11-20/h7-13,21H,1,3,5,14-16H2,2,4,6H3,(H,26,27). The van der Waals surface area contributed by atoms with Crippen LogP contribution in [-0.4, -0.2) is 48.9 Å². The lowest BCUT2D eigenvalue weighted by atomic mass is 9.77. The number of carbonyl (C=O) groups is 3. The molecule has 32 heavy (non-hydrogen) atoms. The predicted molar refractivity (Wildman–Crippen MR) is 122 cm³/mol. The number of carbonyl (C=O) groups excluding carboxylic acids is 2. The van der Waals surface area contributed by atoms with Crippen LogP contribution >= 0.6 is 0 Å². The molecule has 0 radical (unpaired) electrons. The van der Waals surface area contributed by atoms with Gasteiger partial charge in [-0.25, -0.2) is 14.4 Å². The fraction of sp³-hybridized carbons (Fsp3) is 0.320. The minimum absolute atomic E-state index is 0.0595. The van der Waals surface area contributed by atoms with Crippen LogP contribution in [0.3, 0.4) is 0 Å². The summed E-state index contributed by atoms with van der Waals surface area (Å²) in [6.45, 7) is 15.0. The second kappa shape index (κ2) is 12.4. The van der Waals surface area contributed by atoms with Gasteiger partial charge in [-0.15, -0.1) is 0 Å². The van der Waals surface area contributed by atoms with E-state index >= 15 is 0 Å². The van der Waals surface area contributed by atoms with Gasteiger partial charge in [0.2, 0.25) is 0 Å². The van der Waals surface area contributed by atoms with Crippen LogP contribution in [0.15, 0.2) is 72.9 Å². The molecule has 1 aromatic rings. The molecule has 1 rings (SSSR count). The minimum atomic E-state index is -1.25. The second-order valence-electron chi connectivity index (χ2n) is 7.46. The Kier molecular flexibility index (Phi) is 10.3. The Labute approximate surface area is 188 Å². The van der Waals surface area contributed by atoms with Gasteiger partial charge in [0.1, 0.15) is 19.3 Å². The van der Waals surface area contributed by atoms with Crippen LogP contribution in [0, 0.1) is 5.41 Å². The van der Waals surface area contributed by atoms with E-state index in [1.54, 1.807) is 19.1 Å². The van der Waals surface area contributed by atoms with Gasteiger partial charge in [-0.1, -0.05) is 62.2 Å². The van der Waals surface area contributed by atoms with Crippen molar-refractivity contribution in [2.24, 2.45) is 5.41 Å². The minimum Gasteiger partial charge on any atom is -0.478 e. The molecule has 0 amide bonds. The molecule has 7 nitrogen and oxygen atoms in total. The molecule has 0 aliphatic carbocycles. The number of carboxylic acids is 1. The van der Waals surface area contributed by atoms with Crippen LogP contribution in [0.1, 0.15) is 26.3 Å². The summed E-state index contributed by atoms with van der Waals surface area (Å²) in [5, 5.41) is 9.64. The molecule has 0 fully saturated rings. The van der Waals surface area contributed by atoms with Crippen molar-refractivity contribution < 1.29 is 33.7 Å². The molecule has 0 aliphatic heterocycles. The average Bonchev–Trinajstić information content (AvgIpc) is 2.76. The summed E-state index contributed by atoms with van der Waals surface area (Å²) in [5.41, 5.74) is -0.135. The second-order valence-corrected chi connectivity index (χ2v) is 7.46. The number of carboxylic acid groups (broad SMARTS) is 1. The van der Waals surface area contributed by atoms with E-state index in [1.807, 2.05) is 30.3 Å². The van der Waals surface area contributed by atoms with Gasteiger partial charge in [-0.05, 0) is 26.3 Å². The van der Waals surface area contributed by atoms with Crippen molar-refractivity contribution in [2.75, 3.05) is 19.8 Å². The molecule has 0 saturated heterocycles. The third kappa shape index (κ3) is 8.00. The Morgan fingerprint density at radius 1 is 1.00 bits per heavy atom. The van der Waals surface area contributed by atoms with E-state index in [1.165, 1.54) is 13.8 Å². The number of ether oxygens (including phenoxy) is 3. The fourth-order valence-corrected chi connectivity index (χ4v) is 2.58. The zero-order chi connectivity index (χ0) is 24.3. The first-order valence-electron chi connectivity index (χ1n) is 9.92. The Hall–Kier alpha value is -3.45. The molecule has 0 bridgehead atoms. The third-order valence-electron chi connectivity index (χ3n) is 4.70. The number of aliphatic carboxylic acids is 1. The van der Waals surface area contributed by atoms with Gasteiger partial charge in [0.25, 0.3) is 0 Å². The Bertz CT molecular complexity index is 898. The first-order valence-corrected chi connectivity index (χ1v) is 9.92. The lowest BCUT2D eigenvalue weighted by Gasteiger charge is -2.35. The molecular formula is C25H30O7. The molecule has 0 saturated carbocycles. The number of rotatable bonds is 13. The quantitative estimate of drug-likeness (QED) is 0.280. The maximum absolute atomic E-state index is 11.9. The van der Waals surface area contributed by atoms with E-state index in [4.69, 9.17) is 14.2 Å². The lowest BCUT2D eigenvalue weighted by molar-refractivity contribution is -0.148. The molecule has 0 aliphatic rings. The maximum Gasteiger partial charge on any atom is 0.333 e. The van der Waals surface area contributed by atoms with E-state index < -0.39 is 29.4 Å². The predicted octanol–water partition coefficient (Wildman–Crippen LogP) is 3.97. The first kappa shape index (κ1) is 26.6. The van der Waals surface area contributed by atoms with Gasteiger partial charge in [0.05, 0.1) is 6.61 Å². The van der Waals surface area contributed by atoms with Crippen LogP contribution in [-0.2, 0) is 28.6 Å². The van der Waals surface area contributed by atoms with Crippen LogP contribution in [0.2, 0.25) is 0 Å².